The molecule has 6 nitrogen and oxygen atoms in total. The molecule has 6 heteroatoms. The van der Waals surface area contributed by atoms with Gasteiger partial charge in [-0.25, -0.2) is 4.79 Å². The monoisotopic (exact) mass is 365 g/mol. The van der Waals surface area contributed by atoms with E-state index >= 15 is 0 Å². The number of cyclic esters (lactones) is 1. The Kier molecular flexibility index (Phi) is 4.46. The Balaban J connectivity index is 1.56. The summed E-state index contributed by atoms with van der Waals surface area (Å²) in [5, 5.41) is 3.03. The maximum absolute atomic E-state index is 12.4. The molecule has 1 fully saturated rings. The van der Waals surface area contributed by atoms with Crippen LogP contribution in [-0.2, 0) is 30.2 Å². The van der Waals surface area contributed by atoms with Crippen LogP contribution in [0.1, 0.15) is 29.7 Å². The molecule has 0 radical (unpaired) electrons. The molecule has 4 rings (SSSR count). The number of benzene rings is 1. The molecule has 3 aliphatic rings. The summed E-state index contributed by atoms with van der Waals surface area (Å²) in [6, 6.07) is 5.87. The van der Waals surface area contributed by atoms with E-state index in [1.807, 2.05) is 18.2 Å². The van der Waals surface area contributed by atoms with Crippen LogP contribution in [-0.4, -0.2) is 31.9 Å². The van der Waals surface area contributed by atoms with E-state index in [0.29, 0.717) is 24.2 Å². The Hall–Kier alpha value is -3.04. The van der Waals surface area contributed by atoms with Crippen molar-refractivity contribution in [3.8, 4) is 11.8 Å². The summed E-state index contributed by atoms with van der Waals surface area (Å²) in [6.45, 7) is 2.04. The lowest BCUT2D eigenvalue weighted by Crippen LogP contribution is -2.19. The van der Waals surface area contributed by atoms with E-state index in [1.165, 1.54) is 6.26 Å². The molecule has 1 N–H and O–H groups in total. The summed E-state index contributed by atoms with van der Waals surface area (Å²) in [7, 11) is 1.61. The quantitative estimate of drug-likeness (QED) is 0.382. The summed E-state index contributed by atoms with van der Waals surface area (Å²) < 4.78 is 15.6. The molecule has 27 heavy (non-hydrogen) atoms. The fourth-order valence-electron chi connectivity index (χ4n) is 3.71. The molecule has 1 amide bonds. The van der Waals surface area contributed by atoms with Gasteiger partial charge >= 0.3 is 5.97 Å². The van der Waals surface area contributed by atoms with Crippen molar-refractivity contribution in [2.24, 2.45) is 5.92 Å². The zero-order valence-electron chi connectivity index (χ0n) is 15.1. The minimum absolute atomic E-state index is 0.0277. The molecular formula is C21H19NO5. The lowest BCUT2D eigenvalue weighted by atomic mass is 9.97. The van der Waals surface area contributed by atoms with Gasteiger partial charge in [0, 0.05) is 30.2 Å². The Morgan fingerprint density at radius 3 is 2.96 bits per heavy atom. The van der Waals surface area contributed by atoms with Crippen LogP contribution in [0, 0.1) is 17.8 Å². The molecule has 1 aromatic rings. The van der Waals surface area contributed by atoms with Gasteiger partial charge in [0.15, 0.2) is 0 Å². The van der Waals surface area contributed by atoms with E-state index in [1.54, 1.807) is 20.1 Å². The lowest BCUT2D eigenvalue weighted by molar-refractivity contribution is -0.152. The second-order valence-electron chi connectivity index (χ2n) is 6.70. The number of carbonyl (C=O) groups is 2. The van der Waals surface area contributed by atoms with E-state index in [0.717, 1.165) is 16.7 Å². The molecule has 0 saturated carbocycles. The number of hydrogen-bond donors (Lipinski definition) is 1. The molecule has 0 bridgehead atoms. The third kappa shape index (κ3) is 3.11. The first kappa shape index (κ1) is 17.4. The van der Waals surface area contributed by atoms with Crippen molar-refractivity contribution >= 4 is 11.9 Å². The van der Waals surface area contributed by atoms with Crippen LogP contribution in [0.25, 0.3) is 0 Å². The minimum Gasteiger partial charge on any atom is -0.458 e. The Labute approximate surface area is 157 Å². The summed E-state index contributed by atoms with van der Waals surface area (Å²) in [4.78, 5) is 23.8. The second kappa shape index (κ2) is 6.93. The number of rotatable bonds is 3. The molecular weight excluding hydrogens is 346 g/mol. The van der Waals surface area contributed by atoms with Gasteiger partial charge in [-0.3, -0.25) is 4.79 Å². The van der Waals surface area contributed by atoms with Crippen molar-refractivity contribution in [3.05, 3.63) is 58.4 Å². The molecule has 3 atom stereocenters. The Morgan fingerprint density at radius 1 is 1.37 bits per heavy atom. The standard InChI is InChI=1S/C21H19NO5/c1-12-9-18(27-21(12)24)26-11-17-16-10-15-13(6-4-8-25-2)5-3-7-14(15)19(16)22-20(17)23/h3,5,7,9,11,16,18-19H,8,10H2,1-2H3,(H,22,23)/b17-11+/t16-,18-,19-/m1/s1. The van der Waals surface area contributed by atoms with Gasteiger partial charge in [-0.15, -0.1) is 0 Å². The summed E-state index contributed by atoms with van der Waals surface area (Å²) in [5.74, 6) is 5.54. The highest BCUT2D eigenvalue weighted by Gasteiger charge is 2.44. The topological polar surface area (TPSA) is 73.9 Å². The third-order valence-corrected chi connectivity index (χ3v) is 5.02. The van der Waals surface area contributed by atoms with E-state index in [2.05, 4.69) is 17.2 Å². The highest BCUT2D eigenvalue weighted by molar-refractivity contribution is 5.97. The molecule has 1 saturated heterocycles. The fraction of sp³-hybridized carbons (Fsp3) is 0.333. The van der Waals surface area contributed by atoms with E-state index in [4.69, 9.17) is 14.2 Å². The smallest absolute Gasteiger partial charge is 0.336 e. The van der Waals surface area contributed by atoms with E-state index < -0.39 is 12.3 Å². The average molecular weight is 365 g/mol. The number of carbonyl (C=O) groups excluding carboxylic acids is 2. The normalized spacial score (nSPS) is 26.7. The van der Waals surface area contributed by atoms with Crippen LogP contribution >= 0.6 is 0 Å². The van der Waals surface area contributed by atoms with Crippen molar-refractivity contribution in [1.82, 2.24) is 5.32 Å². The highest BCUT2D eigenvalue weighted by atomic mass is 16.7. The Morgan fingerprint density at radius 2 is 2.22 bits per heavy atom. The summed E-state index contributed by atoms with van der Waals surface area (Å²) in [6.07, 6.45) is 2.94. The zero-order chi connectivity index (χ0) is 19.0. The molecule has 138 valence electrons. The minimum atomic E-state index is -0.781. The van der Waals surface area contributed by atoms with E-state index in [9.17, 15) is 9.59 Å². The van der Waals surface area contributed by atoms with Crippen LogP contribution in [0.3, 0.4) is 0 Å². The van der Waals surface area contributed by atoms with Gasteiger partial charge < -0.3 is 19.5 Å². The van der Waals surface area contributed by atoms with Crippen molar-refractivity contribution in [2.75, 3.05) is 13.7 Å². The van der Waals surface area contributed by atoms with Gasteiger partial charge in [-0.2, -0.15) is 0 Å². The number of esters is 1. The molecule has 0 unspecified atom stereocenters. The van der Waals surface area contributed by atoms with Gasteiger partial charge in [0.25, 0.3) is 12.2 Å². The average Bonchev–Trinajstić information content (AvgIpc) is 3.26. The summed E-state index contributed by atoms with van der Waals surface area (Å²) in [5.41, 5.74) is 4.24. The van der Waals surface area contributed by atoms with Gasteiger partial charge in [0.2, 0.25) is 0 Å². The highest BCUT2D eigenvalue weighted by Crippen LogP contribution is 2.45. The first-order valence-electron chi connectivity index (χ1n) is 8.74. The zero-order valence-corrected chi connectivity index (χ0v) is 15.1. The molecule has 1 aliphatic carbocycles. The number of nitrogens with one attached hydrogen (secondary N) is 1. The van der Waals surface area contributed by atoms with Gasteiger partial charge in [0.05, 0.1) is 17.9 Å². The number of hydrogen-bond acceptors (Lipinski definition) is 5. The predicted molar refractivity (Wildman–Crippen MR) is 96.1 cm³/mol. The van der Waals surface area contributed by atoms with Crippen molar-refractivity contribution in [1.29, 1.82) is 0 Å². The van der Waals surface area contributed by atoms with Gasteiger partial charge in [-0.1, -0.05) is 24.0 Å². The van der Waals surface area contributed by atoms with Crippen molar-refractivity contribution in [3.63, 3.8) is 0 Å². The van der Waals surface area contributed by atoms with Gasteiger partial charge in [0.1, 0.15) is 6.61 Å². The molecule has 2 heterocycles. The maximum Gasteiger partial charge on any atom is 0.336 e. The molecule has 1 aromatic carbocycles. The first-order chi connectivity index (χ1) is 13.1. The third-order valence-electron chi connectivity index (χ3n) is 5.02. The maximum atomic E-state index is 12.4. The second-order valence-corrected chi connectivity index (χ2v) is 6.70. The molecule has 2 aliphatic heterocycles. The summed E-state index contributed by atoms with van der Waals surface area (Å²) >= 11 is 0. The number of methoxy groups -OCH3 is 1. The van der Waals surface area contributed by atoms with Crippen LogP contribution in [0.4, 0.5) is 0 Å². The molecule has 0 spiro atoms. The van der Waals surface area contributed by atoms with Crippen LogP contribution in [0.2, 0.25) is 0 Å². The fourth-order valence-corrected chi connectivity index (χ4v) is 3.71. The number of fused-ring (bicyclic) bond motifs is 3. The largest absolute Gasteiger partial charge is 0.458 e. The predicted octanol–water partition coefficient (Wildman–Crippen LogP) is 1.76. The van der Waals surface area contributed by atoms with Crippen molar-refractivity contribution in [2.45, 2.75) is 25.7 Å². The van der Waals surface area contributed by atoms with Gasteiger partial charge in [-0.05, 0) is 30.5 Å². The number of amides is 1. The SMILES string of the molecule is COCC#Cc1cccc2c1C[C@@H]1/C(=C\O[C@H]3C=C(C)C(=O)O3)C(=O)N[C@H]21. The molecule has 0 aromatic heterocycles. The lowest BCUT2D eigenvalue weighted by Gasteiger charge is -2.11. The van der Waals surface area contributed by atoms with Crippen LogP contribution < -0.4 is 5.32 Å². The Bertz CT molecular complexity index is 934. The van der Waals surface area contributed by atoms with Crippen LogP contribution in [0.5, 0.6) is 0 Å². The van der Waals surface area contributed by atoms with Crippen molar-refractivity contribution < 1.29 is 23.8 Å². The van der Waals surface area contributed by atoms with Crippen LogP contribution in [0.15, 0.2) is 41.7 Å². The first-order valence-corrected chi connectivity index (χ1v) is 8.74. The number of ether oxygens (including phenoxy) is 3. The van der Waals surface area contributed by atoms with E-state index in [-0.39, 0.29) is 17.9 Å².